The van der Waals surface area contributed by atoms with Gasteiger partial charge in [0.2, 0.25) is 15.9 Å². The lowest BCUT2D eigenvalue weighted by Crippen LogP contribution is -2.45. The molecular weight excluding hydrogens is 393 g/mol. The molecule has 1 amide bonds. The van der Waals surface area contributed by atoms with Crippen molar-refractivity contribution in [2.75, 3.05) is 5.32 Å². The van der Waals surface area contributed by atoms with Gasteiger partial charge in [0.15, 0.2) is 0 Å². The number of sulfonamides is 1. The lowest BCUT2D eigenvalue weighted by Gasteiger charge is -2.24. The molecule has 4 N–H and O–H groups in total. The summed E-state index contributed by atoms with van der Waals surface area (Å²) >= 11 is 0. The first-order valence-corrected chi connectivity index (χ1v) is 9.66. The summed E-state index contributed by atoms with van der Waals surface area (Å²) < 4.78 is 41.0. The van der Waals surface area contributed by atoms with Crippen LogP contribution in [0.2, 0.25) is 0 Å². The Kier molecular flexibility index (Phi) is 6.26. The molecule has 9 heteroatoms. The normalized spacial score (nSPS) is 16.1. The SMILES string of the molecule is CC(N)(C(=O)Nc1ccc(F)c(S(=O)(=O)NC2CC2)c1)c1ccccc1.Cl. The summed E-state index contributed by atoms with van der Waals surface area (Å²) in [4.78, 5) is 12.1. The van der Waals surface area contributed by atoms with Gasteiger partial charge < -0.3 is 11.1 Å². The first-order chi connectivity index (χ1) is 12.2. The Hall–Kier alpha value is -2.00. The molecule has 1 fully saturated rings. The average molecular weight is 414 g/mol. The number of nitrogens with one attached hydrogen (secondary N) is 2. The Morgan fingerprint density at radius 3 is 2.41 bits per heavy atom. The molecule has 1 atom stereocenters. The first kappa shape index (κ1) is 21.3. The highest BCUT2D eigenvalue weighted by Gasteiger charge is 2.32. The van der Waals surface area contributed by atoms with Gasteiger partial charge in [-0.3, -0.25) is 4.79 Å². The summed E-state index contributed by atoms with van der Waals surface area (Å²) in [6.45, 7) is 1.55. The lowest BCUT2D eigenvalue weighted by atomic mass is 9.92. The molecule has 6 nitrogen and oxygen atoms in total. The Labute approximate surface area is 163 Å². The molecule has 0 radical (unpaired) electrons. The molecule has 0 bridgehead atoms. The third kappa shape index (κ3) is 4.84. The van der Waals surface area contributed by atoms with E-state index in [1.807, 2.05) is 6.07 Å². The van der Waals surface area contributed by atoms with Crippen molar-refractivity contribution in [3.8, 4) is 0 Å². The number of amides is 1. The molecule has 0 aliphatic heterocycles. The molecule has 0 aromatic heterocycles. The molecule has 2 aromatic rings. The minimum Gasteiger partial charge on any atom is -0.324 e. The molecule has 1 aliphatic carbocycles. The third-order valence-corrected chi connectivity index (χ3v) is 5.76. The number of hydrogen-bond acceptors (Lipinski definition) is 4. The Morgan fingerprint density at radius 2 is 1.81 bits per heavy atom. The van der Waals surface area contributed by atoms with Gasteiger partial charge >= 0.3 is 0 Å². The maximum Gasteiger partial charge on any atom is 0.248 e. The van der Waals surface area contributed by atoms with Crippen molar-refractivity contribution in [3.05, 3.63) is 59.9 Å². The van der Waals surface area contributed by atoms with Gasteiger partial charge in [-0.1, -0.05) is 30.3 Å². The van der Waals surface area contributed by atoms with Crippen LogP contribution in [0.1, 0.15) is 25.3 Å². The molecule has 27 heavy (non-hydrogen) atoms. The van der Waals surface area contributed by atoms with E-state index in [9.17, 15) is 17.6 Å². The molecule has 146 valence electrons. The van der Waals surface area contributed by atoms with E-state index in [0.29, 0.717) is 5.56 Å². The van der Waals surface area contributed by atoms with Gasteiger partial charge in [0, 0.05) is 11.7 Å². The van der Waals surface area contributed by atoms with E-state index in [1.165, 1.54) is 6.07 Å². The Morgan fingerprint density at radius 1 is 1.19 bits per heavy atom. The van der Waals surface area contributed by atoms with Crippen LogP contribution >= 0.6 is 12.4 Å². The Balaban J connectivity index is 0.00000261. The number of halogens is 2. The van der Waals surface area contributed by atoms with Gasteiger partial charge in [-0.2, -0.15) is 0 Å². The predicted octanol–water partition coefficient (Wildman–Crippen LogP) is 2.50. The van der Waals surface area contributed by atoms with Crippen LogP contribution in [0.4, 0.5) is 10.1 Å². The van der Waals surface area contributed by atoms with Crippen molar-refractivity contribution in [3.63, 3.8) is 0 Å². The van der Waals surface area contributed by atoms with E-state index in [4.69, 9.17) is 5.73 Å². The molecule has 2 aromatic carbocycles. The largest absolute Gasteiger partial charge is 0.324 e. The monoisotopic (exact) mass is 413 g/mol. The zero-order valence-electron chi connectivity index (χ0n) is 14.6. The number of hydrogen-bond donors (Lipinski definition) is 3. The first-order valence-electron chi connectivity index (χ1n) is 8.18. The maximum atomic E-state index is 14.0. The smallest absolute Gasteiger partial charge is 0.248 e. The third-order valence-electron chi connectivity index (χ3n) is 4.22. The highest BCUT2D eigenvalue weighted by Crippen LogP contribution is 2.26. The van der Waals surface area contributed by atoms with Gasteiger partial charge in [0.05, 0.1) is 0 Å². The molecule has 1 saturated carbocycles. The van der Waals surface area contributed by atoms with Crippen molar-refractivity contribution in [1.82, 2.24) is 4.72 Å². The fourth-order valence-corrected chi connectivity index (χ4v) is 3.86. The van der Waals surface area contributed by atoms with Crippen molar-refractivity contribution in [1.29, 1.82) is 0 Å². The van der Waals surface area contributed by atoms with Crippen LogP contribution in [0, 0.1) is 5.82 Å². The molecule has 1 aliphatic rings. The van der Waals surface area contributed by atoms with Gasteiger partial charge in [0.25, 0.3) is 0 Å². The van der Waals surface area contributed by atoms with Crippen molar-refractivity contribution < 1.29 is 17.6 Å². The molecular formula is C18H21ClFN3O3S. The highest BCUT2D eigenvalue weighted by molar-refractivity contribution is 7.89. The summed E-state index contributed by atoms with van der Waals surface area (Å²) in [7, 11) is -3.98. The fourth-order valence-electron chi connectivity index (χ4n) is 2.45. The number of rotatable bonds is 6. The Bertz CT molecular complexity index is 932. The second-order valence-corrected chi connectivity index (χ2v) is 8.25. The van der Waals surface area contributed by atoms with E-state index < -0.39 is 32.2 Å². The number of benzene rings is 2. The molecule has 1 unspecified atom stereocenters. The zero-order chi connectivity index (χ0) is 18.9. The van der Waals surface area contributed by atoms with Crippen LogP contribution in [0.5, 0.6) is 0 Å². The van der Waals surface area contributed by atoms with Crippen molar-refractivity contribution >= 4 is 34.0 Å². The van der Waals surface area contributed by atoms with E-state index in [-0.39, 0.29) is 24.1 Å². The maximum absolute atomic E-state index is 14.0. The van der Waals surface area contributed by atoms with E-state index in [1.54, 1.807) is 31.2 Å². The molecule has 3 rings (SSSR count). The molecule has 0 heterocycles. The average Bonchev–Trinajstić information content (AvgIpc) is 3.40. The van der Waals surface area contributed by atoms with Crippen LogP contribution < -0.4 is 15.8 Å². The predicted molar refractivity (Wildman–Crippen MR) is 104 cm³/mol. The van der Waals surface area contributed by atoms with Crippen molar-refractivity contribution in [2.45, 2.75) is 36.2 Å². The summed E-state index contributed by atoms with van der Waals surface area (Å²) in [5.41, 5.74) is 5.56. The quantitative estimate of drug-likeness (QED) is 0.677. The second kappa shape index (κ2) is 7.93. The minimum atomic E-state index is -3.98. The topological polar surface area (TPSA) is 101 Å². The van der Waals surface area contributed by atoms with Gasteiger partial charge in [0.1, 0.15) is 16.3 Å². The number of anilines is 1. The zero-order valence-corrected chi connectivity index (χ0v) is 16.2. The number of nitrogens with two attached hydrogens (primary N) is 1. The number of carbonyl (C=O) groups excluding carboxylic acids is 1. The molecule has 0 spiro atoms. The van der Waals surface area contributed by atoms with Crippen LogP contribution in [0.15, 0.2) is 53.4 Å². The van der Waals surface area contributed by atoms with Crippen molar-refractivity contribution in [2.24, 2.45) is 5.73 Å². The molecule has 0 saturated heterocycles. The van der Waals surface area contributed by atoms with Crippen LogP contribution in [-0.4, -0.2) is 20.4 Å². The second-order valence-electron chi connectivity index (χ2n) is 6.56. The van der Waals surface area contributed by atoms with Crippen LogP contribution in [-0.2, 0) is 20.4 Å². The highest BCUT2D eigenvalue weighted by atomic mass is 35.5. The fraction of sp³-hybridized carbons (Fsp3) is 0.278. The summed E-state index contributed by atoms with van der Waals surface area (Å²) in [6, 6.07) is 12.0. The van der Waals surface area contributed by atoms with E-state index in [2.05, 4.69) is 10.0 Å². The van der Waals surface area contributed by atoms with Gasteiger partial charge in [-0.25, -0.2) is 17.5 Å². The van der Waals surface area contributed by atoms with Crippen LogP contribution in [0.25, 0.3) is 0 Å². The van der Waals surface area contributed by atoms with E-state index >= 15 is 0 Å². The summed E-state index contributed by atoms with van der Waals surface area (Å²) in [5.74, 6) is -1.41. The van der Waals surface area contributed by atoms with Gasteiger partial charge in [-0.05, 0) is 43.5 Å². The van der Waals surface area contributed by atoms with Crippen LogP contribution in [0.3, 0.4) is 0 Å². The lowest BCUT2D eigenvalue weighted by molar-refractivity contribution is -0.120. The summed E-state index contributed by atoms with van der Waals surface area (Å²) in [6.07, 6.45) is 1.47. The summed E-state index contributed by atoms with van der Waals surface area (Å²) in [5, 5.41) is 2.57. The minimum absolute atomic E-state index is 0. The standard InChI is InChI=1S/C18H20FN3O3S.ClH/c1-18(20,12-5-3-2-4-6-12)17(23)21-14-9-10-15(19)16(11-14)26(24,25)22-13-7-8-13;/h2-6,9-11,13,22H,7-8,20H2,1H3,(H,21,23);1H. The van der Waals surface area contributed by atoms with E-state index in [0.717, 1.165) is 25.0 Å². The number of carbonyl (C=O) groups is 1. The van der Waals surface area contributed by atoms with Gasteiger partial charge in [-0.15, -0.1) is 12.4 Å².